The van der Waals surface area contributed by atoms with E-state index in [1.807, 2.05) is 0 Å². The minimum atomic E-state index is -0.877. The zero-order chi connectivity index (χ0) is 16.4. The lowest BCUT2D eigenvalue weighted by atomic mass is 10.3. The molecule has 3 aromatic rings. The van der Waals surface area contributed by atoms with Gasteiger partial charge in [-0.1, -0.05) is 0 Å². The fourth-order valence-electron chi connectivity index (χ4n) is 2.13. The summed E-state index contributed by atoms with van der Waals surface area (Å²) in [5.41, 5.74) is 1.59. The van der Waals surface area contributed by atoms with Gasteiger partial charge in [-0.25, -0.2) is 18.6 Å². The molecule has 0 saturated carbocycles. The van der Waals surface area contributed by atoms with Crippen LogP contribution in [0.15, 0.2) is 47.6 Å². The number of halogens is 2. The number of nitrogens with zero attached hydrogens (tertiary/aromatic N) is 2. The molecule has 0 spiro atoms. The van der Waals surface area contributed by atoms with Gasteiger partial charge < -0.3 is 9.14 Å². The van der Waals surface area contributed by atoms with E-state index in [4.69, 9.17) is 4.74 Å². The van der Waals surface area contributed by atoms with Crippen LogP contribution in [0.25, 0.3) is 5.65 Å². The Morgan fingerprint density at radius 2 is 2.13 bits per heavy atom. The minimum Gasteiger partial charge on any atom is -0.465 e. The van der Waals surface area contributed by atoms with E-state index in [1.165, 1.54) is 24.9 Å². The van der Waals surface area contributed by atoms with Gasteiger partial charge in [0, 0.05) is 23.0 Å². The summed E-state index contributed by atoms with van der Waals surface area (Å²) in [4.78, 5) is 16.7. The number of fused-ring (bicyclic) bond motifs is 1. The number of rotatable bonds is 4. The van der Waals surface area contributed by atoms with Gasteiger partial charge in [-0.2, -0.15) is 0 Å². The third kappa shape index (κ3) is 3.19. The number of esters is 1. The van der Waals surface area contributed by atoms with E-state index < -0.39 is 17.6 Å². The second kappa shape index (κ2) is 6.37. The van der Waals surface area contributed by atoms with Crippen molar-refractivity contribution >= 4 is 23.4 Å². The predicted molar refractivity (Wildman–Crippen MR) is 82.5 cm³/mol. The van der Waals surface area contributed by atoms with Crippen LogP contribution in [0.5, 0.6) is 0 Å². The van der Waals surface area contributed by atoms with E-state index >= 15 is 0 Å². The monoisotopic (exact) mass is 334 g/mol. The Balaban J connectivity index is 1.83. The van der Waals surface area contributed by atoms with Crippen molar-refractivity contribution in [3.63, 3.8) is 0 Å². The molecule has 0 atom stereocenters. The first kappa shape index (κ1) is 15.5. The second-order valence-corrected chi connectivity index (χ2v) is 5.79. The van der Waals surface area contributed by atoms with Crippen LogP contribution in [0.3, 0.4) is 0 Å². The number of pyridine rings is 1. The number of ether oxygens (including phenoxy) is 1. The molecule has 7 heteroatoms. The van der Waals surface area contributed by atoms with Crippen molar-refractivity contribution in [2.45, 2.75) is 10.6 Å². The number of benzene rings is 1. The highest BCUT2D eigenvalue weighted by atomic mass is 32.2. The van der Waals surface area contributed by atoms with Gasteiger partial charge in [-0.3, -0.25) is 0 Å². The van der Waals surface area contributed by atoms with Gasteiger partial charge in [0.05, 0.1) is 12.8 Å². The number of carbonyl (C=O) groups excluding carboxylic acids is 1. The number of hydrogen-bond acceptors (Lipinski definition) is 4. The molecule has 4 nitrogen and oxygen atoms in total. The van der Waals surface area contributed by atoms with Gasteiger partial charge >= 0.3 is 5.97 Å². The first-order valence-electron chi connectivity index (χ1n) is 6.71. The van der Waals surface area contributed by atoms with Gasteiger partial charge in [-0.15, -0.1) is 11.8 Å². The molecule has 23 heavy (non-hydrogen) atoms. The number of carbonyl (C=O) groups is 1. The Bertz CT molecular complexity index is 880. The molecule has 3 rings (SSSR count). The Morgan fingerprint density at radius 1 is 1.30 bits per heavy atom. The van der Waals surface area contributed by atoms with Crippen molar-refractivity contribution in [1.82, 2.24) is 9.38 Å². The van der Waals surface area contributed by atoms with E-state index in [9.17, 15) is 13.6 Å². The molecule has 0 aliphatic carbocycles. The Hall–Kier alpha value is -2.41. The highest BCUT2D eigenvalue weighted by Gasteiger charge is 2.13. The second-order valence-electron chi connectivity index (χ2n) is 4.74. The van der Waals surface area contributed by atoms with E-state index in [0.717, 1.165) is 17.8 Å². The predicted octanol–water partition coefficient (Wildman–Crippen LogP) is 3.69. The van der Waals surface area contributed by atoms with Gasteiger partial charge in [0.1, 0.15) is 5.56 Å². The maximum Gasteiger partial charge on any atom is 0.341 e. The standard InChI is InChI=1S/C16H12F2N2O2S/c1-22-16(21)12-3-2-6-20-8-10(19-15(12)20)9-23-11-4-5-13(17)14(18)7-11/h2-8H,9H2,1H3. The van der Waals surface area contributed by atoms with Crippen molar-refractivity contribution in [2.75, 3.05) is 7.11 Å². The summed E-state index contributed by atoms with van der Waals surface area (Å²) in [5.74, 6) is -1.74. The van der Waals surface area contributed by atoms with Crippen molar-refractivity contribution < 1.29 is 18.3 Å². The van der Waals surface area contributed by atoms with Crippen LogP contribution in [0.2, 0.25) is 0 Å². The molecule has 2 heterocycles. The van der Waals surface area contributed by atoms with Crippen LogP contribution < -0.4 is 0 Å². The number of thioether (sulfide) groups is 1. The molecule has 118 valence electrons. The summed E-state index contributed by atoms with van der Waals surface area (Å²) in [6, 6.07) is 7.12. The van der Waals surface area contributed by atoms with E-state index in [-0.39, 0.29) is 0 Å². The van der Waals surface area contributed by atoms with Crippen LogP contribution in [-0.4, -0.2) is 22.5 Å². The fourth-order valence-corrected chi connectivity index (χ4v) is 2.93. The number of hydrogen-bond donors (Lipinski definition) is 0. The first-order valence-corrected chi connectivity index (χ1v) is 7.70. The van der Waals surface area contributed by atoms with Crippen molar-refractivity contribution in [3.8, 4) is 0 Å². The van der Waals surface area contributed by atoms with Gasteiger partial charge in [0.2, 0.25) is 0 Å². The topological polar surface area (TPSA) is 43.6 Å². The summed E-state index contributed by atoms with van der Waals surface area (Å²) in [6.45, 7) is 0. The summed E-state index contributed by atoms with van der Waals surface area (Å²) >= 11 is 1.33. The van der Waals surface area contributed by atoms with Crippen LogP contribution in [0.1, 0.15) is 16.1 Å². The lowest BCUT2D eigenvalue weighted by Crippen LogP contribution is -2.03. The van der Waals surface area contributed by atoms with E-state index in [0.29, 0.717) is 21.9 Å². The van der Waals surface area contributed by atoms with Crippen molar-refractivity contribution in [3.05, 3.63) is 65.6 Å². The molecule has 0 saturated heterocycles. The molecule has 1 aromatic carbocycles. The van der Waals surface area contributed by atoms with Crippen LogP contribution in [0.4, 0.5) is 8.78 Å². The Morgan fingerprint density at radius 3 is 2.87 bits per heavy atom. The molecule has 0 aliphatic rings. The maximum absolute atomic E-state index is 13.2. The average molecular weight is 334 g/mol. The number of methoxy groups -OCH3 is 1. The van der Waals surface area contributed by atoms with Crippen molar-refractivity contribution in [1.29, 1.82) is 0 Å². The highest BCUT2D eigenvalue weighted by Crippen LogP contribution is 2.24. The maximum atomic E-state index is 13.2. The molecule has 0 unspecified atom stereocenters. The summed E-state index contributed by atoms with van der Waals surface area (Å²) in [7, 11) is 1.31. The molecular formula is C16H12F2N2O2S. The van der Waals surface area contributed by atoms with E-state index in [2.05, 4.69) is 4.98 Å². The molecule has 0 aliphatic heterocycles. The Labute approximate surface area is 135 Å². The van der Waals surface area contributed by atoms with Crippen LogP contribution in [-0.2, 0) is 10.5 Å². The molecule has 0 fully saturated rings. The normalized spacial score (nSPS) is 10.9. The molecule has 0 N–H and O–H groups in total. The minimum absolute atomic E-state index is 0.374. The summed E-state index contributed by atoms with van der Waals surface area (Å²) in [5, 5.41) is 0. The quantitative estimate of drug-likeness (QED) is 0.539. The highest BCUT2D eigenvalue weighted by molar-refractivity contribution is 7.98. The lowest BCUT2D eigenvalue weighted by Gasteiger charge is -2.00. The van der Waals surface area contributed by atoms with E-state index in [1.54, 1.807) is 28.9 Å². The molecule has 2 aromatic heterocycles. The fraction of sp³-hybridized carbons (Fsp3) is 0.125. The Kier molecular flexibility index (Phi) is 4.29. The molecule has 0 bridgehead atoms. The summed E-state index contributed by atoms with van der Waals surface area (Å²) in [6.07, 6.45) is 3.56. The number of aromatic nitrogens is 2. The van der Waals surface area contributed by atoms with Gasteiger partial charge in [-0.05, 0) is 30.3 Å². The third-order valence-electron chi connectivity index (χ3n) is 3.22. The van der Waals surface area contributed by atoms with Gasteiger partial charge in [0.15, 0.2) is 17.3 Å². The van der Waals surface area contributed by atoms with Crippen LogP contribution in [0, 0.1) is 11.6 Å². The molecular weight excluding hydrogens is 322 g/mol. The molecule has 0 radical (unpaired) electrons. The average Bonchev–Trinajstić information content (AvgIpc) is 2.98. The van der Waals surface area contributed by atoms with Crippen molar-refractivity contribution in [2.24, 2.45) is 0 Å². The zero-order valence-corrected chi connectivity index (χ0v) is 12.9. The first-order chi connectivity index (χ1) is 11.1. The van der Waals surface area contributed by atoms with Gasteiger partial charge in [0.25, 0.3) is 0 Å². The molecule has 0 amide bonds. The zero-order valence-electron chi connectivity index (χ0n) is 12.1. The number of imidazole rings is 1. The van der Waals surface area contributed by atoms with Crippen LogP contribution >= 0.6 is 11.8 Å². The largest absolute Gasteiger partial charge is 0.465 e. The summed E-state index contributed by atoms with van der Waals surface area (Å²) < 4.78 is 32.6. The smallest absolute Gasteiger partial charge is 0.341 e. The lowest BCUT2D eigenvalue weighted by molar-refractivity contribution is 0.0602. The SMILES string of the molecule is COC(=O)c1cccn2cc(CSc3ccc(F)c(F)c3)nc12. The third-order valence-corrected chi connectivity index (χ3v) is 4.24.